The molecule has 0 aliphatic carbocycles. The minimum Gasteiger partial charge on any atom is -0.462 e. The average molecular weight is 363 g/mol. The fourth-order valence-corrected chi connectivity index (χ4v) is 3.83. The minimum atomic E-state index is -0.461. The third-order valence-electron chi connectivity index (χ3n) is 3.02. The van der Waals surface area contributed by atoms with Crippen LogP contribution in [0.25, 0.3) is 10.4 Å². The molecule has 3 heterocycles. The molecule has 0 unspecified atom stereocenters. The first-order chi connectivity index (χ1) is 11.7. The standard InChI is InChI=1S/C14H13N5O3S2/c1-2-22-14(21)12-8(9-4-3-5-23-9)7-24-13(12)15-11(20)6-10-16-18-19-17-10/h3-5,7H,2,6H2,1H3,(H,15,20)(H,16,17,18,19). The van der Waals surface area contributed by atoms with E-state index in [1.54, 1.807) is 6.92 Å². The van der Waals surface area contributed by atoms with E-state index in [-0.39, 0.29) is 24.8 Å². The van der Waals surface area contributed by atoms with Gasteiger partial charge in [-0.05, 0) is 18.4 Å². The Balaban J connectivity index is 1.87. The van der Waals surface area contributed by atoms with Gasteiger partial charge in [-0.25, -0.2) is 4.79 Å². The minimum absolute atomic E-state index is 0.0367. The molecule has 24 heavy (non-hydrogen) atoms. The predicted molar refractivity (Wildman–Crippen MR) is 90.1 cm³/mol. The SMILES string of the molecule is CCOC(=O)c1c(-c2cccs2)csc1NC(=O)Cc1nn[nH]n1. The van der Waals surface area contributed by atoms with E-state index in [0.717, 1.165) is 10.4 Å². The maximum Gasteiger partial charge on any atom is 0.341 e. The van der Waals surface area contributed by atoms with Gasteiger partial charge in [-0.15, -0.1) is 32.9 Å². The number of anilines is 1. The summed E-state index contributed by atoms with van der Waals surface area (Å²) in [5.74, 6) is -0.515. The third-order valence-corrected chi connectivity index (χ3v) is 4.82. The number of tetrazole rings is 1. The lowest BCUT2D eigenvalue weighted by atomic mass is 10.1. The summed E-state index contributed by atoms with van der Waals surface area (Å²) in [5.41, 5.74) is 1.12. The Kier molecular flexibility index (Phi) is 4.96. The highest BCUT2D eigenvalue weighted by molar-refractivity contribution is 7.17. The fourth-order valence-electron chi connectivity index (χ4n) is 2.04. The van der Waals surface area contributed by atoms with Crippen molar-refractivity contribution in [3.05, 3.63) is 34.3 Å². The van der Waals surface area contributed by atoms with Crippen molar-refractivity contribution in [2.75, 3.05) is 11.9 Å². The zero-order chi connectivity index (χ0) is 16.9. The average Bonchev–Trinajstić information content (AvgIpc) is 3.28. The molecule has 10 heteroatoms. The van der Waals surface area contributed by atoms with E-state index >= 15 is 0 Å². The molecule has 0 aliphatic heterocycles. The van der Waals surface area contributed by atoms with Crippen LogP contribution < -0.4 is 5.32 Å². The van der Waals surface area contributed by atoms with Crippen molar-refractivity contribution >= 4 is 39.6 Å². The Morgan fingerprint density at radius 3 is 2.92 bits per heavy atom. The summed E-state index contributed by atoms with van der Waals surface area (Å²) in [6.45, 7) is 2.00. The van der Waals surface area contributed by atoms with Crippen molar-refractivity contribution in [1.82, 2.24) is 20.6 Å². The number of carbonyl (C=O) groups excluding carboxylic acids is 2. The van der Waals surface area contributed by atoms with Gasteiger partial charge in [0.2, 0.25) is 5.91 Å². The van der Waals surface area contributed by atoms with E-state index in [2.05, 4.69) is 25.9 Å². The van der Waals surface area contributed by atoms with E-state index in [1.165, 1.54) is 22.7 Å². The van der Waals surface area contributed by atoms with Crippen LogP contribution in [0.2, 0.25) is 0 Å². The predicted octanol–water partition coefficient (Wildman–Crippen LogP) is 2.35. The Labute approximate surface area is 144 Å². The molecular weight excluding hydrogens is 350 g/mol. The molecule has 0 aromatic carbocycles. The second-order valence-corrected chi connectivity index (χ2v) is 6.43. The van der Waals surface area contributed by atoms with Crippen molar-refractivity contribution in [2.24, 2.45) is 0 Å². The number of hydrogen-bond acceptors (Lipinski definition) is 8. The fraction of sp³-hybridized carbons (Fsp3) is 0.214. The first-order valence-electron chi connectivity index (χ1n) is 7.03. The van der Waals surface area contributed by atoms with Gasteiger partial charge in [0, 0.05) is 15.8 Å². The number of nitrogens with zero attached hydrogens (tertiary/aromatic N) is 3. The number of thiophene rings is 2. The van der Waals surface area contributed by atoms with Gasteiger partial charge in [0.1, 0.15) is 10.6 Å². The Morgan fingerprint density at radius 2 is 2.25 bits per heavy atom. The lowest BCUT2D eigenvalue weighted by Gasteiger charge is -2.07. The number of nitrogens with one attached hydrogen (secondary N) is 2. The van der Waals surface area contributed by atoms with E-state index in [9.17, 15) is 9.59 Å². The lowest BCUT2D eigenvalue weighted by molar-refractivity contribution is -0.115. The second-order valence-electron chi connectivity index (χ2n) is 4.60. The van der Waals surface area contributed by atoms with Crippen LogP contribution in [0.1, 0.15) is 23.1 Å². The summed E-state index contributed by atoms with van der Waals surface area (Å²) in [6.07, 6.45) is -0.0367. The summed E-state index contributed by atoms with van der Waals surface area (Å²) in [7, 11) is 0. The maximum atomic E-state index is 12.3. The molecule has 0 atom stereocenters. The molecule has 124 valence electrons. The Morgan fingerprint density at radius 1 is 1.38 bits per heavy atom. The molecule has 0 radical (unpaired) electrons. The molecule has 3 aromatic heterocycles. The van der Waals surface area contributed by atoms with Gasteiger partial charge in [0.05, 0.1) is 13.0 Å². The van der Waals surface area contributed by atoms with E-state index < -0.39 is 5.97 Å². The Hall–Kier alpha value is -2.59. The Bertz CT molecular complexity index is 827. The number of ether oxygens (including phenoxy) is 1. The summed E-state index contributed by atoms with van der Waals surface area (Å²) in [5, 5.41) is 20.1. The van der Waals surface area contributed by atoms with Gasteiger partial charge in [-0.3, -0.25) is 4.79 Å². The van der Waals surface area contributed by atoms with Crippen LogP contribution in [0.15, 0.2) is 22.9 Å². The summed E-state index contributed by atoms with van der Waals surface area (Å²) >= 11 is 2.79. The van der Waals surface area contributed by atoms with Gasteiger partial charge >= 0.3 is 5.97 Å². The maximum absolute atomic E-state index is 12.3. The smallest absolute Gasteiger partial charge is 0.341 e. The van der Waals surface area contributed by atoms with Crippen molar-refractivity contribution < 1.29 is 14.3 Å². The molecule has 0 aliphatic rings. The van der Waals surface area contributed by atoms with Crippen LogP contribution in [0.4, 0.5) is 5.00 Å². The number of rotatable bonds is 6. The van der Waals surface area contributed by atoms with Crippen molar-refractivity contribution in [3.63, 3.8) is 0 Å². The molecule has 0 saturated carbocycles. The zero-order valence-corrected chi connectivity index (χ0v) is 14.2. The second kappa shape index (κ2) is 7.32. The largest absolute Gasteiger partial charge is 0.462 e. The summed E-state index contributed by atoms with van der Waals surface area (Å²) in [6, 6.07) is 3.82. The van der Waals surface area contributed by atoms with E-state index in [4.69, 9.17) is 4.74 Å². The quantitative estimate of drug-likeness (QED) is 0.651. The molecule has 3 rings (SSSR count). The van der Waals surface area contributed by atoms with Gasteiger partial charge in [-0.1, -0.05) is 11.3 Å². The molecule has 0 bridgehead atoms. The molecule has 0 fully saturated rings. The summed E-state index contributed by atoms with van der Waals surface area (Å²) < 4.78 is 5.13. The highest BCUT2D eigenvalue weighted by atomic mass is 32.1. The zero-order valence-electron chi connectivity index (χ0n) is 12.6. The monoisotopic (exact) mass is 363 g/mol. The molecular formula is C14H13N5O3S2. The van der Waals surface area contributed by atoms with Crippen molar-refractivity contribution in [3.8, 4) is 10.4 Å². The number of aromatic nitrogens is 4. The van der Waals surface area contributed by atoms with E-state index in [1.807, 2.05) is 22.9 Å². The number of hydrogen-bond donors (Lipinski definition) is 2. The van der Waals surface area contributed by atoms with Crippen LogP contribution in [0, 0.1) is 0 Å². The molecule has 0 spiro atoms. The van der Waals surface area contributed by atoms with Gasteiger partial charge in [0.15, 0.2) is 5.82 Å². The molecule has 3 aromatic rings. The van der Waals surface area contributed by atoms with Crippen molar-refractivity contribution in [2.45, 2.75) is 13.3 Å². The molecule has 2 N–H and O–H groups in total. The van der Waals surface area contributed by atoms with Gasteiger partial charge < -0.3 is 10.1 Å². The molecule has 8 nitrogen and oxygen atoms in total. The van der Waals surface area contributed by atoms with E-state index in [0.29, 0.717) is 10.6 Å². The number of carbonyl (C=O) groups is 2. The number of aromatic amines is 1. The number of esters is 1. The lowest BCUT2D eigenvalue weighted by Crippen LogP contribution is -2.17. The van der Waals surface area contributed by atoms with Crippen LogP contribution in [0.5, 0.6) is 0 Å². The number of H-pyrrole nitrogens is 1. The topological polar surface area (TPSA) is 110 Å². The van der Waals surface area contributed by atoms with Crippen molar-refractivity contribution in [1.29, 1.82) is 0 Å². The van der Waals surface area contributed by atoms with Gasteiger partial charge in [0.25, 0.3) is 0 Å². The molecule has 0 saturated heterocycles. The normalized spacial score (nSPS) is 10.5. The van der Waals surface area contributed by atoms with Crippen LogP contribution >= 0.6 is 22.7 Å². The van der Waals surface area contributed by atoms with Crippen LogP contribution in [0.3, 0.4) is 0 Å². The van der Waals surface area contributed by atoms with Gasteiger partial charge in [-0.2, -0.15) is 5.21 Å². The highest BCUT2D eigenvalue weighted by Crippen LogP contribution is 2.38. The first kappa shape index (κ1) is 16.3. The summed E-state index contributed by atoms with van der Waals surface area (Å²) in [4.78, 5) is 25.4. The number of amides is 1. The van der Waals surface area contributed by atoms with Crippen LogP contribution in [-0.4, -0.2) is 39.1 Å². The van der Waals surface area contributed by atoms with Crippen LogP contribution in [-0.2, 0) is 16.0 Å². The first-order valence-corrected chi connectivity index (χ1v) is 8.79. The third kappa shape index (κ3) is 3.49. The molecule has 1 amide bonds. The highest BCUT2D eigenvalue weighted by Gasteiger charge is 2.23.